The second-order valence-electron chi connectivity index (χ2n) is 4.32. The van der Waals surface area contributed by atoms with Gasteiger partial charge in [0, 0.05) is 18.7 Å². The van der Waals surface area contributed by atoms with Crippen LogP contribution in [-0.4, -0.2) is 28.8 Å². The average Bonchev–Trinajstić information content (AvgIpc) is 2.76. The molecule has 1 aromatic carbocycles. The van der Waals surface area contributed by atoms with Crippen LogP contribution in [0.2, 0.25) is 0 Å². The molecule has 104 valence electrons. The first-order chi connectivity index (χ1) is 9.51. The molecule has 0 aliphatic rings. The molecule has 0 radical (unpaired) electrons. The fraction of sp³-hybridized carbons (Fsp3) is 0.214. The number of hydrogen-bond acceptors (Lipinski definition) is 4. The standard InChI is InChI=1S/C14H15N3O3/c1-9-8-12(17(2)16-9)15-13(18)10-4-6-11(7-5-10)14(19)20-3/h4-8H,1-3H3,(H,15,18). The summed E-state index contributed by atoms with van der Waals surface area (Å²) >= 11 is 0. The molecule has 0 fully saturated rings. The summed E-state index contributed by atoms with van der Waals surface area (Å²) in [6, 6.07) is 8.03. The Morgan fingerprint density at radius 3 is 2.30 bits per heavy atom. The molecule has 1 amide bonds. The van der Waals surface area contributed by atoms with Crippen LogP contribution in [-0.2, 0) is 11.8 Å². The molecule has 6 heteroatoms. The molecule has 2 aromatic rings. The maximum atomic E-state index is 12.1. The number of aromatic nitrogens is 2. The molecule has 0 aliphatic heterocycles. The molecule has 1 heterocycles. The zero-order chi connectivity index (χ0) is 14.7. The van der Waals surface area contributed by atoms with Gasteiger partial charge in [-0.3, -0.25) is 9.48 Å². The molecule has 0 bridgehead atoms. The van der Waals surface area contributed by atoms with E-state index in [0.717, 1.165) is 5.69 Å². The predicted octanol–water partition coefficient (Wildman–Crippen LogP) is 1.77. The van der Waals surface area contributed by atoms with E-state index < -0.39 is 5.97 Å². The Kier molecular flexibility index (Phi) is 3.84. The van der Waals surface area contributed by atoms with Crippen LogP contribution >= 0.6 is 0 Å². The van der Waals surface area contributed by atoms with Crippen LogP contribution < -0.4 is 5.32 Å². The Hall–Kier alpha value is -2.63. The van der Waals surface area contributed by atoms with Gasteiger partial charge in [0.2, 0.25) is 0 Å². The number of esters is 1. The molecule has 0 saturated heterocycles. The highest BCUT2D eigenvalue weighted by Crippen LogP contribution is 2.11. The summed E-state index contributed by atoms with van der Waals surface area (Å²) in [5, 5.41) is 6.90. The minimum Gasteiger partial charge on any atom is -0.465 e. The van der Waals surface area contributed by atoms with Crippen LogP contribution in [0.5, 0.6) is 0 Å². The van der Waals surface area contributed by atoms with Crippen molar-refractivity contribution in [2.24, 2.45) is 7.05 Å². The van der Waals surface area contributed by atoms with Crippen molar-refractivity contribution >= 4 is 17.7 Å². The van der Waals surface area contributed by atoms with Crippen molar-refractivity contribution in [1.29, 1.82) is 0 Å². The van der Waals surface area contributed by atoms with Crippen LogP contribution in [0.15, 0.2) is 30.3 Å². The van der Waals surface area contributed by atoms with E-state index in [-0.39, 0.29) is 5.91 Å². The van der Waals surface area contributed by atoms with Crippen LogP contribution in [0, 0.1) is 6.92 Å². The van der Waals surface area contributed by atoms with Crippen molar-refractivity contribution < 1.29 is 14.3 Å². The number of anilines is 1. The topological polar surface area (TPSA) is 73.2 Å². The van der Waals surface area contributed by atoms with E-state index in [2.05, 4.69) is 15.2 Å². The molecular weight excluding hydrogens is 258 g/mol. The van der Waals surface area contributed by atoms with E-state index in [4.69, 9.17) is 0 Å². The van der Waals surface area contributed by atoms with Gasteiger partial charge in [0.25, 0.3) is 5.91 Å². The molecule has 1 aromatic heterocycles. The number of rotatable bonds is 3. The minimum absolute atomic E-state index is 0.260. The number of amides is 1. The number of carbonyl (C=O) groups excluding carboxylic acids is 2. The van der Waals surface area contributed by atoms with Gasteiger partial charge in [-0.05, 0) is 31.2 Å². The molecule has 20 heavy (non-hydrogen) atoms. The summed E-state index contributed by atoms with van der Waals surface area (Å²) in [5.41, 5.74) is 1.68. The van der Waals surface area contributed by atoms with Crippen LogP contribution in [0.25, 0.3) is 0 Å². The fourth-order valence-corrected chi connectivity index (χ4v) is 1.79. The van der Waals surface area contributed by atoms with Crippen molar-refractivity contribution in [2.75, 3.05) is 12.4 Å². The highest BCUT2D eigenvalue weighted by atomic mass is 16.5. The molecule has 0 atom stereocenters. The van der Waals surface area contributed by atoms with Crippen molar-refractivity contribution in [3.63, 3.8) is 0 Å². The lowest BCUT2D eigenvalue weighted by Gasteiger charge is -2.05. The van der Waals surface area contributed by atoms with Crippen LogP contribution in [0.3, 0.4) is 0 Å². The van der Waals surface area contributed by atoms with E-state index in [1.807, 2.05) is 6.92 Å². The first-order valence-corrected chi connectivity index (χ1v) is 6.01. The first-order valence-electron chi connectivity index (χ1n) is 6.01. The Labute approximate surface area is 116 Å². The minimum atomic E-state index is -0.431. The molecule has 0 aliphatic carbocycles. The number of ether oxygens (including phenoxy) is 1. The van der Waals surface area contributed by atoms with Gasteiger partial charge >= 0.3 is 5.97 Å². The number of methoxy groups -OCH3 is 1. The van der Waals surface area contributed by atoms with Gasteiger partial charge in [0.1, 0.15) is 5.82 Å². The summed E-state index contributed by atoms with van der Waals surface area (Å²) in [4.78, 5) is 23.4. The van der Waals surface area contributed by atoms with Crippen LogP contribution in [0.4, 0.5) is 5.82 Å². The second-order valence-corrected chi connectivity index (χ2v) is 4.32. The van der Waals surface area contributed by atoms with Gasteiger partial charge in [-0.25, -0.2) is 4.79 Å². The number of carbonyl (C=O) groups is 2. The van der Waals surface area contributed by atoms with Gasteiger partial charge in [-0.1, -0.05) is 0 Å². The van der Waals surface area contributed by atoms with Crippen molar-refractivity contribution in [3.05, 3.63) is 47.2 Å². The van der Waals surface area contributed by atoms with Gasteiger partial charge in [-0.2, -0.15) is 5.10 Å². The second kappa shape index (κ2) is 5.56. The number of hydrogen-bond donors (Lipinski definition) is 1. The van der Waals surface area contributed by atoms with Gasteiger partial charge in [0.05, 0.1) is 18.4 Å². The zero-order valence-corrected chi connectivity index (χ0v) is 11.5. The lowest BCUT2D eigenvalue weighted by atomic mass is 10.1. The maximum Gasteiger partial charge on any atom is 0.337 e. The Balaban J connectivity index is 2.13. The SMILES string of the molecule is COC(=O)c1ccc(C(=O)Nc2cc(C)nn2C)cc1. The third-order valence-electron chi connectivity index (χ3n) is 2.81. The third kappa shape index (κ3) is 2.85. The largest absolute Gasteiger partial charge is 0.465 e. The summed E-state index contributed by atoms with van der Waals surface area (Å²) in [5.74, 6) is -0.0758. The predicted molar refractivity (Wildman–Crippen MR) is 73.7 cm³/mol. The number of nitrogens with one attached hydrogen (secondary N) is 1. The number of aryl methyl sites for hydroxylation is 2. The number of nitrogens with zero attached hydrogens (tertiary/aromatic N) is 2. The molecule has 0 spiro atoms. The number of benzene rings is 1. The van der Waals surface area contributed by atoms with E-state index in [9.17, 15) is 9.59 Å². The first kappa shape index (κ1) is 13.8. The molecule has 0 unspecified atom stereocenters. The fourth-order valence-electron chi connectivity index (χ4n) is 1.79. The van der Waals surface area contributed by atoms with Crippen molar-refractivity contribution in [1.82, 2.24) is 9.78 Å². The Morgan fingerprint density at radius 2 is 1.80 bits per heavy atom. The molecule has 2 rings (SSSR count). The van der Waals surface area contributed by atoms with E-state index in [1.54, 1.807) is 42.1 Å². The van der Waals surface area contributed by atoms with E-state index in [0.29, 0.717) is 16.9 Å². The van der Waals surface area contributed by atoms with Gasteiger partial charge in [0.15, 0.2) is 0 Å². The lowest BCUT2D eigenvalue weighted by molar-refractivity contribution is 0.0600. The van der Waals surface area contributed by atoms with Crippen molar-refractivity contribution in [3.8, 4) is 0 Å². The smallest absolute Gasteiger partial charge is 0.337 e. The molecule has 0 saturated carbocycles. The lowest BCUT2D eigenvalue weighted by Crippen LogP contribution is -2.14. The zero-order valence-electron chi connectivity index (χ0n) is 11.5. The van der Waals surface area contributed by atoms with E-state index in [1.165, 1.54) is 7.11 Å². The Morgan fingerprint density at radius 1 is 1.20 bits per heavy atom. The summed E-state index contributed by atoms with van der Waals surface area (Å²) in [6.45, 7) is 1.85. The monoisotopic (exact) mass is 273 g/mol. The summed E-state index contributed by atoms with van der Waals surface area (Å²) in [7, 11) is 3.07. The quantitative estimate of drug-likeness (QED) is 0.865. The van der Waals surface area contributed by atoms with E-state index >= 15 is 0 Å². The molecule has 1 N–H and O–H groups in total. The summed E-state index contributed by atoms with van der Waals surface area (Å²) in [6.07, 6.45) is 0. The molecular formula is C14H15N3O3. The normalized spacial score (nSPS) is 10.2. The average molecular weight is 273 g/mol. The Bertz CT molecular complexity index is 644. The van der Waals surface area contributed by atoms with Crippen molar-refractivity contribution in [2.45, 2.75) is 6.92 Å². The third-order valence-corrected chi connectivity index (χ3v) is 2.81. The van der Waals surface area contributed by atoms with Gasteiger partial charge < -0.3 is 10.1 Å². The van der Waals surface area contributed by atoms with Gasteiger partial charge in [-0.15, -0.1) is 0 Å². The maximum absolute atomic E-state index is 12.1. The highest BCUT2D eigenvalue weighted by molar-refractivity contribution is 6.04. The summed E-state index contributed by atoms with van der Waals surface area (Å²) < 4.78 is 6.19. The van der Waals surface area contributed by atoms with Crippen LogP contribution in [0.1, 0.15) is 26.4 Å². The molecule has 6 nitrogen and oxygen atoms in total. The highest BCUT2D eigenvalue weighted by Gasteiger charge is 2.11.